The van der Waals surface area contributed by atoms with Crippen LogP contribution in [0.1, 0.15) is 48.2 Å². The zero-order valence-electron chi connectivity index (χ0n) is 17.0. The Morgan fingerprint density at radius 3 is 2.21 bits per heavy atom. The van der Waals surface area contributed by atoms with Gasteiger partial charge in [-0.05, 0) is 63.4 Å². The van der Waals surface area contributed by atoms with Crippen molar-refractivity contribution in [1.29, 1.82) is 0 Å². The minimum atomic E-state index is -0.733. The van der Waals surface area contributed by atoms with Gasteiger partial charge in [0.05, 0.1) is 15.5 Å². The van der Waals surface area contributed by atoms with Gasteiger partial charge in [-0.3, -0.25) is 9.59 Å². The summed E-state index contributed by atoms with van der Waals surface area (Å²) in [5, 5.41) is 4.05. The zero-order chi connectivity index (χ0) is 21.2. The van der Waals surface area contributed by atoms with Crippen LogP contribution in [0.3, 0.4) is 0 Å². The highest BCUT2D eigenvalue weighted by Gasteiger charge is 2.33. The van der Waals surface area contributed by atoms with Crippen molar-refractivity contribution >= 4 is 35.0 Å². The third-order valence-electron chi connectivity index (χ3n) is 5.62. The second kappa shape index (κ2) is 8.76. The third-order valence-corrected chi connectivity index (χ3v) is 6.36. The summed E-state index contributed by atoms with van der Waals surface area (Å²) in [7, 11) is 0. The van der Waals surface area contributed by atoms with E-state index in [1.54, 1.807) is 12.1 Å². The molecule has 0 atom stereocenters. The van der Waals surface area contributed by atoms with E-state index in [1.807, 2.05) is 56.0 Å². The van der Waals surface area contributed by atoms with Gasteiger partial charge in [-0.1, -0.05) is 47.0 Å². The molecular weight excluding hydrogens is 407 g/mol. The molecule has 1 aliphatic heterocycles. The van der Waals surface area contributed by atoms with Gasteiger partial charge in [0.2, 0.25) is 5.91 Å². The fraction of sp³-hybridized carbons (Fsp3) is 0.391. The Morgan fingerprint density at radius 2 is 1.62 bits per heavy atom. The highest BCUT2D eigenvalue weighted by atomic mass is 35.5. The van der Waals surface area contributed by atoms with Gasteiger partial charge >= 0.3 is 0 Å². The standard InChI is InChI=1S/C23H26Cl2N2O2/c1-15-4-6-16(7-5-15)21(28)27-12-10-18(11-13-27)26-22(29)23(2,3)17-8-9-19(24)20(25)14-17/h4-9,14,18H,10-13H2,1-3H3,(H,26,29). The molecule has 0 saturated carbocycles. The van der Waals surface area contributed by atoms with Crippen LogP contribution in [0.2, 0.25) is 10.0 Å². The van der Waals surface area contributed by atoms with Gasteiger partial charge in [0.15, 0.2) is 0 Å². The maximum absolute atomic E-state index is 12.9. The number of carbonyl (C=O) groups is 2. The summed E-state index contributed by atoms with van der Waals surface area (Å²) in [6, 6.07) is 13.0. The predicted molar refractivity (Wildman–Crippen MR) is 118 cm³/mol. The molecule has 0 aromatic heterocycles. The van der Waals surface area contributed by atoms with E-state index in [-0.39, 0.29) is 17.9 Å². The average molecular weight is 433 g/mol. The van der Waals surface area contributed by atoms with E-state index in [4.69, 9.17) is 23.2 Å². The van der Waals surface area contributed by atoms with Gasteiger partial charge in [-0.15, -0.1) is 0 Å². The molecule has 0 aliphatic carbocycles. The summed E-state index contributed by atoms with van der Waals surface area (Å²) in [5.74, 6) is -0.00915. The molecule has 1 aliphatic rings. The predicted octanol–water partition coefficient (Wildman–Crippen LogP) is 5.00. The summed E-state index contributed by atoms with van der Waals surface area (Å²) in [4.78, 5) is 27.4. The first-order chi connectivity index (χ1) is 13.7. The molecule has 2 aromatic carbocycles. The number of carbonyl (C=O) groups excluding carboxylic acids is 2. The summed E-state index contributed by atoms with van der Waals surface area (Å²) >= 11 is 12.1. The number of hydrogen-bond donors (Lipinski definition) is 1. The fourth-order valence-corrected chi connectivity index (χ4v) is 3.79. The lowest BCUT2D eigenvalue weighted by Gasteiger charge is -2.34. The topological polar surface area (TPSA) is 49.4 Å². The van der Waals surface area contributed by atoms with Crippen LogP contribution in [-0.4, -0.2) is 35.8 Å². The highest BCUT2D eigenvalue weighted by Crippen LogP contribution is 2.30. The number of benzene rings is 2. The molecule has 0 spiro atoms. The zero-order valence-corrected chi connectivity index (χ0v) is 18.5. The number of aryl methyl sites for hydroxylation is 1. The van der Waals surface area contributed by atoms with Crippen molar-refractivity contribution in [3.63, 3.8) is 0 Å². The molecular formula is C23H26Cl2N2O2. The fourth-order valence-electron chi connectivity index (χ4n) is 3.49. The van der Waals surface area contributed by atoms with E-state index in [0.29, 0.717) is 28.7 Å². The Balaban J connectivity index is 1.58. The maximum Gasteiger partial charge on any atom is 0.253 e. The monoisotopic (exact) mass is 432 g/mol. The second-order valence-electron chi connectivity index (χ2n) is 8.16. The molecule has 29 heavy (non-hydrogen) atoms. The molecule has 154 valence electrons. The Hall–Kier alpha value is -2.04. The molecule has 0 radical (unpaired) electrons. The van der Waals surface area contributed by atoms with E-state index in [0.717, 1.165) is 24.0 Å². The average Bonchev–Trinajstić information content (AvgIpc) is 2.70. The smallest absolute Gasteiger partial charge is 0.253 e. The van der Waals surface area contributed by atoms with Crippen LogP contribution in [0.5, 0.6) is 0 Å². The van der Waals surface area contributed by atoms with Crippen LogP contribution < -0.4 is 5.32 Å². The second-order valence-corrected chi connectivity index (χ2v) is 8.97. The molecule has 4 nitrogen and oxygen atoms in total. The van der Waals surface area contributed by atoms with Crippen LogP contribution in [0.15, 0.2) is 42.5 Å². The minimum absolute atomic E-state index is 0.0471. The van der Waals surface area contributed by atoms with Gasteiger partial charge in [0, 0.05) is 24.7 Å². The lowest BCUT2D eigenvalue weighted by molar-refractivity contribution is -0.126. The Labute approximate surface area is 182 Å². The van der Waals surface area contributed by atoms with E-state index in [2.05, 4.69) is 5.32 Å². The molecule has 3 rings (SSSR count). The first-order valence-corrected chi connectivity index (χ1v) is 10.6. The largest absolute Gasteiger partial charge is 0.352 e. The quantitative estimate of drug-likeness (QED) is 0.738. The van der Waals surface area contributed by atoms with Gasteiger partial charge in [0.25, 0.3) is 5.91 Å². The molecule has 6 heteroatoms. The normalized spacial score (nSPS) is 15.3. The summed E-state index contributed by atoms with van der Waals surface area (Å²) in [5.41, 5.74) is 1.92. The number of halogens is 2. The van der Waals surface area contributed by atoms with Crippen molar-refractivity contribution in [3.8, 4) is 0 Å². The van der Waals surface area contributed by atoms with E-state index in [1.165, 1.54) is 0 Å². The van der Waals surface area contributed by atoms with Crippen molar-refractivity contribution in [2.75, 3.05) is 13.1 Å². The molecule has 1 fully saturated rings. The lowest BCUT2D eigenvalue weighted by Crippen LogP contribution is -2.50. The van der Waals surface area contributed by atoms with Gasteiger partial charge < -0.3 is 10.2 Å². The number of amides is 2. The van der Waals surface area contributed by atoms with Crippen molar-refractivity contribution in [1.82, 2.24) is 10.2 Å². The van der Waals surface area contributed by atoms with E-state index >= 15 is 0 Å². The summed E-state index contributed by atoms with van der Waals surface area (Å²) < 4.78 is 0. The number of rotatable bonds is 4. The first kappa shape index (κ1) is 21.7. The van der Waals surface area contributed by atoms with E-state index in [9.17, 15) is 9.59 Å². The van der Waals surface area contributed by atoms with Crippen molar-refractivity contribution in [3.05, 3.63) is 69.2 Å². The maximum atomic E-state index is 12.9. The van der Waals surface area contributed by atoms with Gasteiger partial charge in [0.1, 0.15) is 0 Å². The minimum Gasteiger partial charge on any atom is -0.352 e. The Kier molecular flexibility index (Phi) is 6.55. The third kappa shape index (κ3) is 4.93. The summed E-state index contributed by atoms with van der Waals surface area (Å²) in [6.07, 6.45) is 1.47. The summed E-state index contributed by atoms with van der Waals surface area (Å²) in [6.45, 7) is 7.01. The molecule has 2 amide bonds. The molecule has 0 unspecified atom stereocenters. The Morgan fingerprint density at radius 1 is 1.00 bits per heavy atom. The molecule has 2 aromatic rings. The molecule has 0 bridgehead atoms. The lowest BCUT2D eigenvalue weighted by atomic mass is 9.83. The highest BCUT2D eigenvalue weighted by molar-refractivity contribution is 6.42. The SMILES string of the molecule is Cc1ccc(C(=O)N2CCC(NC(=O)C(C)(C)c3ccc(Cl)c(Cl)c3)CC2)cc1. The van der Waals surface area contributed by atoms with Crippen LogP contribution >= 0.6 is 23.2 Å². The van der Waals surface area contributed by atoms with Crippen LogP contribution in [0.4, 0.5) is 0 Å². The number of nitrogens with one attached hydrogen (secondary N) is 1. The first-order valence-electron chi connectivity index (χ1n) is 9.81. The van der Waals surface area contributed by atoms with E-state index < -0.39 is 5.41 Å². The number of piperidine rings is 1. The van der Waals surface area contributed by atoms with Gasteiger partial charge in [-0.2, -0.15) is 0 Å². The van der Waals surface area contributed by atoms with Crippen LogP contribution in [-0.2, 0) is 10.2 Å². The molecule has 1 saturated heterocycles. The Bertz CT molecular complexity index is 902. The van der Waals surface area contributed by atoms with Crippen LogP contribution in [0.25, 0.3) is 0 Å². The number of nitrogens with zero attached hydrogens (tertiary/aromatic N) is 1. The molecule has 1 N–H and O–H groups in total. The van der Waals surface area contributed by atoms with Gasteiger partial charge in [-0.25, -0.2) is 0 Å². The van der Waals surface area contributed by atoms with Crippen molar-refractivity contribution in [2.45, 2.75) is 45.1 Å². The molecule has 1 heterocycles. The van der Waals surface area contributed by atoms with Crippen LogP contribution in [0, 0.1) is 6.92 Å². The van der Waals surface area contributed by atoms with Crippen molar-refractivity contribution in [2.24, 2.45) is 0 Å². The van der Waals surface area contributed by atoms with Crippen molar-refractivity contribution < 1.29 is 9.59 Å². The number of likely N-dealkylation sites (tertiary alicyclic amines) is 1. The number of hydrogen-bond acceptors (Lipinski definition) is 2.